The Hall–Kier alpha value is -1.29. The number of anilines is 1. The Morgan fingerprint density at radius 2 is 2.31 bits per heavy atom. The zero-order valence-corrected chi connectivity index (χ0v) is 9.45. The number of likely N-dealkylation sites (N-methyl/N-ethyl adjacent to an activating group) is 1. The summed E-state index contributed by atoms with van der Waals surface area (Å²) in [6.45, 7) is 2.00. The standard InChI is InChI=1S/C12H17FN2O/c1-15-6-2-3-10(8-15)16-9-4-5-12(14)11(13)7-9/h4-5,7,10H,2-3,6,8,14H2,1H3. The van der Waals surface area contributed by atoms with Crippen LogP contribution in [0.25, 0.3) is 0 Å². The van der Waals surface area contributed by atoms with Gasteiger partial charge in [0.1, 0.15) is 17.7 Å². The third-order valence-corrected chi connectivity index (χ3v) is 2.86. The number of rotatable bonds is 2. The van der Waals surface area contributed by atoms with Crippen LogP contribution < -0.4 is 10.5 Å². The Bertz CT molecular complexity index is 370. The molecule has 0 amide bonds. The van der Waals surface area contributed by atoms with E-state index in [4.69, 9.17) is 10.5 Å². The minimum Gasteiger partial charge on any atom is -0.489 e. The highest BCUT2D eigenvalue weighted by Gasteiger charge is 2.18. The number of hydrogen-bond donors (Lipinski definition) is 1. The summed E-state index contributed by atoms with van der Waals surface area (Å²) in [6, 6.07) is 4.61. The molecule has 1 unspecified atom stereocenters. The van der Waals surface area contributed by atoms with E-state index in [0.717, 1.165) is 25.9 Å². The lowest BCUT2D eigenvalue weighted by Crippen LogP contribution is -2.38. The van der Waals surface area contributed by atoms with Gasteiger partial charge >= 0.3 is 0 Å². The number of halogens is 1. The number of piperidine rings is 1. The van der Waals surface area contributed by atoms with E-state index in [1.54, 1.807) is 6.07 Å². The van der Waals surface area contributed by atoms with Crippen molar-refractivity contribution in [1.82, 2.24) is 4.90 Å². The molecular weight excluding hydrogens is 207 g/mol. The van der Waals surface area contributed by atoms with Crippen LogP contribution in [0.5, 0.6) is 5.75 Å². The quantitative estimate of drug-likeness (QED) is 0.779. The average Bonchev–Trinajstić information content (AvgIpc) is 2.24. The zero-order chi connectivity index (χ0) is 11.5. The minimum absolute atomic E-state index is 0.154. The van der Waals surface area contributed by atoms with E-state index in [2.05, 4.69) is 11.9 Å². The Balaban J connectivity index is 2.00. The number of hydrogen-bond acceptors (Lipinski definition) is 3. The van der Waals surface area contributed by atoms with E-state index in [-0.39, 0.29) is 11.8 Å². The van der Waals surface area contributed by atoms with Gasteiger partial charge in [0.15, 0.2) is 0 Å². The summed E-state index contributed by atoms with van der Waals surface area (Å²) in [6.07, 6.45) is 2.30. The molecule has 0 bridgehead atoms. The number of likely N-dealkylation sites (tertiary alicyclic amines) is 1. The van der Waals surface area contributed by atoms with Crippen LogP contribution in [0, 0.1) is 5.82 Å². The van der Waals surface area contributed by atoms with E-state index < -0.39 is 5.82 Å². The molecule has 1 aliphatic rings. The van der Waals surface area contributed by atoms with E-state index in [9.17, 15) is 4.39 Å². The van der Waals surface area contributed by atoms with Crippen LogP contribution in [0.2, 0.25) is 0 Å². The fourth-order valence-electron chi connectivity index (χ4n) is 1.99. The highest BCUT2D eigenvalue weighted by molar-refractivity contribution is 5.43. The number of nitrogens with two attached hydrogens (primary N) is 1. The largest absolute Gasteiger partial charge is 0.489 e. The highest BCUT2D eigenvalue weighted by atomic mass is 19.1. The second-order valence-corrected chi connectivity index (χ2v) is 4.33. The molecule has 0 aromatic heterocycles. The summed E-state index contributed by atoms with van der Waals surface area (Å²) in [5.41, 5.74) is 5.57. The average molecular weight is 224 g/mol. The Kier molecular flexibility index (Phi) is 3.29. The molecule has 4 heteroatoms. The molecule has 1 fully saturated rings. The zero-order valence-electron chi connectivity index (χ0n) is 9.45. The van der Waals surface area contributed by atoms with Gasteiger partial charge in [0, 0.05) is 12.6 Å². The first kappa shape index (κ1) is 11.2. The predicted molar refractivity (Wildman–Crippen MR) is 62.0 cm³/mol. The molecule has 0 spiro atoms. The summed E-state index contributed by atoms with van der Waals surface area (Å²) in [5.74, 6) is 0.147. The third-order valence-electron chi connectivity index (χ3n) is 2.86. The van der Waals surface area contributed by atoms with E-state index in [1.807, 2.05) is 0 Å². The van der Waals surface area contributed by atoms with Crippen molar-refractivity contribution >= 4 is 5.69 Å². The molecule has 1 aromatic rings. The van der Waals surface area contributed by atoms with Crippen molar-refractivity contribution in [3.63, 3.8) is 0 Å². The molecule has 2 rings (SSSR count). The molecule has 1 aliphatic heterocycles. The number of nitrogen functional groups attached to an aromatic ring is 1. The molecular formula is C12H17FN2O. The molecule has 3 nitrogen and oxygen atoms in total. The first-order valence-corrected chi connectivity index (χ1v) is 5.55. The molecule has 1 heterocycles. The fraction of sp³-hybridized carbons (Fsp3) is 0.500. The van der Waals surface area contributed by atoms with Crippen LogP contribution in [0.15, 0.2) is 18.2 Å². The predicted octanol–water partition coefficient (Wildman–Crippen LogP) is 1.88. The maximum atomic E-state index is 13.2. The van der Waals surface area contributed by atoms with Crippen LogP contribution in [0.1, 0.15) is 12.8 Å². The van der Waals surface area contributed by atoms with Crippen LogP contribution in [-0.2, 0) is 0 Å². The lowest BCUT2D eigenvalue weighted by molar-refractivity contribution is 0.104. The van der Waals surface area contributed by atoms with Gasteiger partial charge < -0.3 is 15.4 Å². The first-order valence-electron chi connectivity index (χ1n) is 5.55. The summed E-state index contributed by atoms with van der Waals surface area (Å²) >= 11 is 0. The smallest absolute Gasteiger partial charge is 0.149 e. The monoisotopic (exact) mass is 224 g/mol. The van der Waals surface area contributed by atoms with Crippen LogP contribution in [0.4, 0.5) is 10.1 Å². The van der Waals surface area contributed by atoms with Crippen molar-refractivity contribution < 1.29 is 9.13 Å². The van der Waals surface area contributed by atoms with Gasteiger partial charge in [0.2, 0.25) is 0 Å². The molecule has 0 aliphatic carbocycles. The Morgan fingerprint density at radius 3 is 3.00 bits per heavy atom. The van der Waals surface area contributed by atoms with E-state index >= 15 is 0 Å². The van der Waals surface area contributed by atoms with Gasteiger partial charge in [0.05, 0.1) is 5.69 Å². The molecule has 0 radical (unpaired) electrons. The summed E-state index contributed by atoms with van der Waals surface area (Å²) in [7, 11) is 2.07. The Morgan fingerprint density at radius 1 is 1.50 bits per heavy atom. The van der Waals surface area contributed by atoms with Crippen molar-refractivity contribution in [2.45, 2.75) is 18.9 Å². The topological polar surface area (TPSA) is 38.5 Å². The maximum absolute atomic E-state index is 13.2. The van der Waals surface area contributed by atoms with Gasteiger partial charge in [-0.25, -0.2) is 4.39 Å². The number of benzene rings is 1. The van der Waals surface area contributed by atoms with Gasteiger partial charge in [-0.05, 0) is 38.6 Å². The minimum atomic E-state index is -0.415. The van der Waals surface area contributed by atoms with Crippen molar-refractivity contribution in [2.24, 2.45) is 0 Å². The molecule has 2 N–H and O–H groups in total. The summed E-state index contributed by atoms with van der Waals surface area (Å²) in [5, 5.41) is 0. The number of ether oxygens (including phenoxy) is 1. The maximum Gasteiger partial charge on any atom is 0.149 e. The Labute approximate surface area is 95.0 Å². The second kappa shape index (κ2) is 4.70. The van der Waals surface area contributed by atoms with Crippen molar-refractivity contribution in [1.29, 1.82) is 0 Å². The second-order valence-electron chi connectivity index (χ2n) is 4.33. The third kappa shape index (κ3) is 2.64. The van der Waals surface area contributed by atoms with Gasteiger partial charge in [-0.2, -0.15) is 0 Å². The molecule has 16 heavy (non-hydrogen) atoms. The molecule has 88 valence electrons. The van der Waals surface area contributed by atoms with Crippen LogP contribution in [0.3, 0.4) is 0 Å². The SMILES string of the molecule is CN1CCCC(Oc2ccc(N)c(F)c2)C1. The number of nitrogens with zero attached hydrogens (tertiary/aromatic N) is 1. The van der Waals surface area contributed by atoms with E-state index in [1.165, 1.54) is 12.1 Å². The molecule has 1 aromatic carbocycles. The van der Waals surface area contributed by atoms with Crippen molar-refractivity contribution in [3.8, 4) is 5.75 Å². The van der Waals surface area contributed by atoms with Gasteiger partial charge in [-0.3, -0.25) is 0 Å². The van der Waals surface area contributed by atoms with Gasteiger partial charge in [-0.15, -0.1) is 0 Å². The molecule has 0 saturated carbocycles. The lowest BCUT2D eigenvalue weighted by atomic mass is 10.1. The first-order chi connectivity index (χ1) is 7.65. The highest BCUT2D eigenvalue weighted by Crippen LogP contribution is 2.21. The fourth-order valence-corrected chi connectivity index (χ4v) is 1.99. The van der Waals surface area contributed by atoms with Crippen molar-refractivity contribution in [2.75, 3.05) is 25.9 Å². The molecule has 1 atom stereocenters. The van der Waals surface area contributed by atoms with Gasteiger partial charge in [-0.1, -0.05) is 0 Å². The van der Waals surface area contributed by atoms with Crippen LogP contribution >= 0.6 is 0 Å². The lowest BCUT2D eigenvalue weighted by Gasteiger charge is -2.30. The normalized spacial score (nSPS) is 22.0. The van der Waals surface area contributed by atoms with Crippen LogP contribution in [-0.4, -0.2) is 31.1 Å². The van der Waals surface area contributed by atoms with Gasteiger partial charge in [0.25, 0.3) is 0 Å². The summed E-state index contributed by atoms with van der Waals surface area (Å²) in [4.78, 5) is 2.22. The van der Waals surface area contributed by atoms with Crippen molar-refractivity contribution in [3.05, 3.63) is 24.0 Å². The molecule has 1 saturated heterocycles. The summed E-state index contributed by atoms with van der Waals surface area (Å²) < 4.78 is 18.9. The van der Waals surface area contributed by atoms with E-state index in [0.29, 0.717) is 5.75 Å².